The number of hydrogen-bond acceptors (Lipinski definition) is 6. The van der Waals surface area contributed by atoms with Crippen LogP contribution in [0.1, 0.15) is 46.5 Å². The van der Waals surface area contributed by atoms with E-state index in [1.165, 1.54) is 9.78 Å². The number of ether oxygens (including phenoxy) is 1. The number of benzene rings is 1. The first-order valence-electron chi connectivity index (χ1n) is 11.3. The molecule has 1 aromatic carbocycles. The van der Waals surface area contributed by atoms with Gasteiger partial charge >= 0.3 is 5.97 Å². The molecule has 1 atom stereocenters. The summed E-state index contributed by atoms with van der Waals surface area (Å²) in [7, 11) is 0. The predicted molar refractivity (Wildman–Crippen MR) is 119 cm³/mol. The van der Waals surface area contributed by atoms with Gasteiger partial charge in [-0.1, -0.05) is 12.1 Å². The van der Waals surface area contributed by atoms with Crippen molar-refractivity contribution in [2.45, 2.75) is 50.4 Å². The molecule has 170 valence electrons. The van der Waals surface area contributed by atoms with Gasteiger partial charge in [0.1, 0.15) is 0 Å². The van der Waals surface area contributed by atoms with E-state index in [0.717, 1.165) is 24.8 Å². The fourth-order valence-corrected chi connectivity index (χ4v) is 6.20. The largest absolute Gasteiger partial charge is 0.452 e. The van der Waals surface area contributed by atoms with Crippen molar-refractivity contribution in [2.24, 2.45) is 0 Å². The lowest BCUT2D eigenvalue weighted by molar-refractivity contribution is -0.162. The number of thiophene rings is 1. The van der Waals surface area contributed by atoms with Gasteiger partial charge in [-0.2, -0.15) is 0 Å². The lowest BCUT2D eigenvalue weighted by atomic mass is 9.96. The Bertz CT molecular complexity index is 1190. The second kappa shape index (κ2) is 7.41. The van der Waals surface area contributed by atoms with Gasteiger partial charge in [0.2, 0.25) is 11.6 Å². The minimum absolute atomic E-state index is 0.110. The number of rotatable bonds is 4. The van der Waals surface area contributed by atoms with E-state index < -0.39 is 18.2 Å². The highest BCUT2D eigenvalue weighted by atomic mass is 32.1. The molecule has 33 heavy (non-hydrogen) atoms. The van der Waals surface area contributed by atoms with Crippen LogP contribution in [-0.2, 0) is 32.1 Å². The third-order valence-corrected chi connectivity index (χ3v) is 8.05. The maximum atomic E-state index is 13.6. The summed E-state index contributed by atoms with van der Waals surface area (Å²) in [4.78, 5) is 58.8. The summed E-state index contributed by atoms with van der Waals surface area (Å²) in [6.45, 7) is 0.682. The Morgan fingerprint density at radius 2 is 1.94 bits per heavy atom. The molecule has 4 heterocycles. The molecular weight excluding hydrogens is 442 g/mol. The normalized spacial score (nSPS) is 23.8. The van der Waals surface area contributed by atoms with Crippen molar-refractivity contribution >= 4 is 40.7 Å². The van der Waals surface area contributed by atoms with Gasteiger partial charge in [-0.15, -0.1) is 11.3 Å². The molecule has 1 aromatic heterocycles. The molecule has 1 saturated carbocycles. The quantitative estimate of drug-likeness (QED) is 0.647. The highest BCUT2D eigenvalue weighted by molar-refractivity contribution is 7.10. The molecule has 9 heteroatoms. The Morgan fingerprint density at radius 1 is 1.12 bits per heavy atom. The van der Waals surface area contributed by atoms with E-state index in [9.17, 15) is 19.2 Å². The molecule has 6 rings (SSSR count). The third kappa shape index (κ3) is 3.02. The van der Waals surface area contributed by atoms with Crippen LogP contribution < -0.4 is 4.90 Å². The van der Waals surface area contributed by atoms with Crippen LogP contribution in [0.5, 0.6) is 0 Å². The summed E-state index contributed by atoms with van der Waals surface area (Å²) in [6.07, 6.45) is 2.65. The lowest BCUT2D eigenvalue weighted by Gasteiger charge is -2.48. The van der Waals surface area contributed by atoms with E-state index in [-0.39, 0.29) is 36.6 Å². The van der Waals surface area contributed by atoms with Crippen LogP contribution in [0.2, 0.25) is 0 Å². The highest BCUT2D eigenvalue weighted by Crippen LogP contribution is 2.49. The van der Waals surface area contributed by atoms with Gasteiger partial charge in [-0.05, 0) is 48.4 Å². The number of esters is 1. The average molecular weight is 466 g/mol. The smallest absolute Gasteiger partial charge is 0.354 e. The van der Waals surface area contributed by atoms with Crippen molar-refractivity contribution in [3.63, 3.8) is 0 Å². The van der Waals surface area contributed by atoms with Crippen LogP contribution in [0, 0.1) is 0 Å². The van der Waals surface area contributed by atoms with Crippen molar-refractivity contribution in [3.05, 3.63) is 51.7 Å². The number of carbonyl (C=O) groups excluding carboxylic acids is 4. The molecule has 0 bridgehead atoms. The Kier molecular flexibility index (Phi) is 4.58. The monoisotopic (exact) mass is 465 g/mol. The van der Waals surface area contributed by atoms with Crippen LogP contribution in [0.15, 0.2) is 35.7 Å². The SMILES string of the molecule is O=C(COC(=O)C12CCC(=O)N1c1ccccc1C(=O)N2C1CC1)N1CCc2sccc2C1. The van der Waals surface area contributed by atoms with Gasteiger partial charge < -0.3 is 14.5 Å². The number of hydrogen-bond donors (Lipinski definition) is 0. The topological polar surface area (TPSA) is 87.2 Å². The molecule has 0 spiro atoms. The number of fused-ring (bicyclic) bond motifs is 4. The van der Waals surface area contributed by atoms with Gasteiger partial charge in [-0.25, -0.2) is 4.79 Å². The molecule has 2 fully saturated rings. The maximum Gasteiger partial charge on any atom is 0.354 e. The zero-order valence-electron chi connectivity index (χ0n) is 18.0. The zero-order chi connectivity index (χ0) is 22.7. The molecule has 1 aliphatic carbocycles. The number of carbonyl (C=O) groups is 4. The van der Waals surface area contributed by atoms with E-state index in [1.807, 2.05) is 11.4 Å². The summed E-state index contributed by atoms with van der Waals surface area (Å²) in [6, 6.07) is 8.79. The Labute approximate surface area is 194 Å². The van der Waals surface area contributed by atoms with Crippen molar-refractivity contribution in [2.75, 3.05) is 18.1 Å². The number of amides is 3. The fraction of sp³-hybridized carbons (Fsp3) is 0.417. The van der Waals surface area contributed by atoms with E-state index in [2.05, 4.69) is 0 Å². The minimum atomic E-state index is -1.52. The van der Waals surface area contributed by atoms with E-state index in [1.54, 1.807) is 45.4 Å². The Hall–Kier alpha value is -3.20. The molecule has 1 saturated heterocycles. The molecule has 0 N–H and O–H groups in total. The summed E-state index contributed by atoms with van der Waals surface area (Å²) in [5, 5.41) is 2.02. The van der Waals surface area contributed by atoms with E-state index >= 15 is 0 Å². The number of nitrogens with zero attached hydrogens (tertiary/aromatic N) is 3. The maximum absolute atomic E-state index is 13.6. The van der Waals surface area contributed by atoms with Crippen LogP contribution in [0.25, 0.3) is 0 Å². The first-order chi connectivity index (χ1) is 16.0. The van der Waals surface area contributed by atoms with Gasteiger partial charge in [-0.3, -0.25) is 19.3 Å². The second-order valence-corrected chi connectivity index (χ2v) is 9.98. The van der Waals surface area contributed by atoms with Crippen molar-refractivity contribution in [1.29, 1.82) is 0 Å². The highest BCUT2D eigenvalue weighted by Gasteiger charge is 2.64. The molecule has 3 amide bonds. The number of para-hydroxylation sites is 1. The molecule has 3 aliphatic heterocycles. The van der Waals surface area contributed by atoms with E-state index in [4.69, 9.17) is 4.74 Å². The molecule has 4 aliphatic rings. The molecular formula is C24H23N3O5S. The Morgan fingerprint density at radius 3 is 2.76 bits per heavy atom. The van der Waals surface area contributed by atoms with Crippen molar-refractivity contribution in [1.82, 2.24) is 9.80 Å². The van der Waals surface area contributed by atoms with Crippen LogP contribution in [0.3, 0.4) is 0 Å². The molecule has 1 unspecified atom stereocenters. The standard InChI is InChI=1S/C24H23N3O5S/c28-20-7-10-24(23(31)32-14-21(29)25-11-8-19-15(13-25)9-12-33-19)26(16-5-6-16)22(30)17-3-1-2-4-18(17)27(20)24/h1-4,9,12,16H,5-8,10-11,13-14H2. The van der Waals surface area contributed by atoms with Gasteiger partial charge in [0.15, 0.2) is 6.61 Å². The van der Waals surface area contributed by atoms with Crippen molar-refractivity contribution in [3.8, 4) is 0 Å². The van der Waals surface area contributed by atoms with Crippen molar-refractivity contribution < 1.29 is 23.9 Å². The average Bonchev–Trinajstić information content (AvgIpc) is 3.43. The van der Waals surface area contributed by atoms with Crippen LogP contribution in [0.4, 0.5) is 5.69 Å². The summed E-state index contributed by atoms with van der Waals surface area (Å²) >= 11 is 1.69. The minimum Gasteiger partial charge on any atom is -0.452 e. The summed E-state index contributed by atoms with van der Waals surface area (Å²) < 4.78 is 5.58. The second-order valence-electron chi connectivity index (χ2n) is 8.98. The first-order valence-corrected chi connectivity index (χ1v) is 12.1. The van der Waals surface area contributed by atoms with Gasteiger partial charge in [0.05, 0.1) is 11.3 Å². The molecule has 0 radical (unpaired) electrons. The van der Waals surface area contributed by atoms with Gasteiger partial charge in [0, 0.05) is 36.9 Å². The van der Waals surface area contributed by atoms with Crippen LogP contribution in [-0.4, -0.2) is 58.3 Å². The lowest BCUT2D eigenvalue weighted by Crippen LogP contribution is -2.69. The molecule has 2 aromatic rings. The summed E-state index contributed by atoms with van der Waals surface area (Å²) in [5.74, 6) is -1.45. The Balaban J connectivity index is 1.27. The third-order valence-electron chi connectivity index (χ3n) is 7.03. The number of anilines is 1. The molecule has 8 nitrogen and oxygen atoms in total. The summed E-state index contributed by atoms with van der Waals surface area (Å²) in [5.41, 5.74) is 0.462. The zero-order valence-corrected chi connectivity index (χ0v) is 18.8. The van der Waals surface area contributed by atoms with E-state index in [0.29, 0.717) is 24.3 Å². The van der Waals surface area contributed by atoms with Gasteiger partial charge in [0.25, 0.3) is 11.8 Å². The predicted octanol–water partition coefficient (Wildman–Crippen LogP) is 2.32. The van der Waals surface area contributed by atoms with Crippen LogP contribution >= 0.6 is 11.3 Å². The first kappa shape index (κ1) is 20.4. The fourth-order valence-electron chi connectivity index (χ4n) is 5.31.